The maximum Gasteiger partial charge on any atom is 0.410 e. The highest BCUT2D eigenvalue weighted by Crippen LogP contribution is 2.15. The van der Waals surface area contributed by atoms with Crippen LogP contribution in [0.25, 0.3) is 0 Å². The van der Waals surface area contributed by atoms with Crippen LogP contribution in [0.15, 0.2) is 60.7 Å². The quantitative estimate of drug-likeness (QED) is 0.756. The van der Waals surface area contributed by atoms with Crippen LogP contribution in [-0.2, 0) is 0 Å². The summed E-state index contributed by atoms with van der Waals surface area (Å²) in [4.78, 5) is 4.15. The van der Waals surface area contributed by atoms with Crippen LogP contribution in [0.1, 0.15) is 0 Å². The van der Waals surface area contributed by atoms with E-state index in [9.17, 15) is 0 Å². The van der Waals surface area contributed by atoms with E-state index in [0.717, 1.165) is 5.69 Å². The molecule has 90 valence electrons. The second kappa shape index (κ2) is 4.82. The number of hydrazine groups is 3. The molecule has 5 heteroatoms. The van der Waals surface area contributed by atoms with E-state index in [-0.39, 0.29) is 6.98 Å². The van der Waals surface area contributed by atoms with Crippen molar-refractivity contribution < 1.29 is 0 Å². The lowest BCUT2D eigenvalue weighted by atomic mass is 9.67. The van der Waals surface area contributed by atoms with Gasteiger partial charge in [-0.3, -0.25) is 0 Å². The lowest BCUT2D eigenvalue weighted by Gasteiger charge is -2.23. The molecule has 0 radical (unpaired) electrons. The van der Waals surface area contributed by atoms with Gasteiger partial charge in [0.05, 0.1) is 0 Å². The van der Waals surface area contributed by atoms with Crippen LogP contribution >= 0.6 is 0 Å². The summed E-state index contributed by atoms with van der Waals surface area (Å²) < 4.78 is 0. The van der Waals surface area contributed by atoms with Crippen LogP contribution < -0.4 is 21.5 Å². The number of hydrogen-bond acceptors (Lipinski definition) is 4. The van der Waals surface area contributed by atoms with E-state index in [1.54, 1.807) is 0 Å². The molecule has 2 N–H and O–H groups in total. The van der Waals surface area contributed by atoms with Crippen molar-refractivity contribution >= 4 is 18.1 Å². The first-order valence-corrected chi connectivity index (χ1v) is 5.99. The van der Waals surface area contributed by atoms with Gasteiger partial charge in [-0.2, -0.15) is 11.1 Å². The van der Waals surface area contributed by atoms with E-state index in [1.165, 1.54) is 5.46 Å². The Morgan fingerprint density at radius 1 is 0.833 bits per heavy atom. The summed E-state index contributed by atoms with van der Waals surface area (Å²) in [6, 6.07) is 20.7. The Labute approximate surface area is 107 Å². The summed E-state index contributed by atoms with van der Waals surface area (Å²) in [6.45, 7) is 0.133. The minimum absolute atomic E-state index is 0.133. The summed E-state index contributed by atoms with van der Waals surface area (Å²) in [5.41, 5.74) is 8.67. The normalized spacial score (nSPS) is 16.3. The van der Waals surface area contributed by atoms with E-state index in [2.05, 4.69) is 52.4 Å². The summed E-state index contributed by atoms with van der Waals surface area (Å²) in [7, 11) is 2.02. The van der Waals surface area contributed by atoms with Gasteiger partial charge < -0.3 is 4.92 Å². The predicted octanol–water partition coefficient (Wildman–Crippen LogP) is 0.758. The Kier molecular flexibility index (Phi) is 3.02. The molecule has 1 saturated heterocycles. The highest BCUT2D eigenvalue weighted by Gasteiger charge is 2.36. The molecule has 0 atom stereocenters. The van der Waals surface area contributed by atoms with E-state index >= 15 is 0 Å². The van der Waals surface area contributed by atoms with Crippen molar-refractivity contribution in [3.8, 4) is 0 Å². The summed E-state index contributed by atoms with van der Waals surface area (Å²) in [5, 5.41) is 0. The molecule has 0 aromatic heterocycles. The van der Waals surface area contributed by atoms with Gasteiger partial charge in [-0.25, -0.2) is 4.92 Å². The van der Waals surface area contributed by atoms with Crippen LogP contribution in [0.4, 0.5) is 5.69 Å². The van der Waals surface area contributed by atoms with Crippen molar-refractivity contribution in [3.05, 3.63) is 60.7 Å². The second-order valence-electron chi connectivity index (χ2n) is 4.32. The van der Waals surface area contributed by atoms with E-state index < -0.39 is 0 Å². The molecule has 0 saturated carbocycles. The molecule has 0 spiro atoms. The molecule has 0 unspecified atom stereocenters. The molecule has 0 bridgehead atoms. The lowest BCUT2D eigenvalue weighted by molar-refractivity contribution is 0.370. The third kappa shape index (κ3) is 1.99. The van der Waals surface area contributed by atoms with Gasteiger partial charge in [0.25, 0.3) is 0 Å². The van der Waals surface area contributed by atoms with Crippen LogP contribution in [0.5, 0.6) is 0 Å². The zero-order chi connectivity index (χ0) is 12.4. The Morgan fingerprint density at radius 2 is 1.44 bits per heavy atom. The Morgan fingerprint density at radius 3 is 2.11 bits per heavy atom. The largest absolute Gasteiger partial charge is 0.410 e. The number of anilines is 1. The van der Waals surface area contributed by atoms with Gasteiger partial charge in [0.1, 0.15) is 0 Å². The van der Waals surface area contributed by atoms with Gasteiger partial charge in [0.15, 0.2) is 0 Å². The minimum atomic E-state index is 0.133. The molecule has 1 fully saturated rings. The average molecular weight is 238 g/mol. The zero-order valence-corrected chi connectivity index (χ0v) is 10.2. The standard InChI is InChI=1S/C13H15BN4/c1-17-14(12-8-4-2-5-9-12)18(16-15-17)13-10-6-3-7-11-13/h2-11,15-16H,1H3. The average Bonchev–Trinajstić information content (AvgIpc) is 2.83. The molecule has 2 aromatic rings. The first kappa shape index (κ1) is 11.3. The van der Waals surface area contributed by atoms with Crippen molar-refractivity contribution in [3.63, 3.8) is 0 Å². The fourth-order valence-corrected chi connectivity index (χ4v) is 2.22. The summed E-state index contributed by atoms with van der Waals surface area (Å²) >= 11 is 0. The second-order valence-corrected chi connectivity index (χ2v) is 4.32. The maximum atomic E-state index is 3.18. The molecular formula is C13H15BN4. The van der Waals surface area contributed by atoms with Crippen LogP contribution in [-0.4, -0.2) is 19.0 Å². The smallest absolute Gasteiger partial charge is 0.315 e. The van der Waals surface area contributed by atoms with Gasteiger partial charge in [-0.05, 0) is 24.6 Å². The maximum absolute atomic E-state index is 3.18. The topological polar surface area (TPSA) is 30.5 Å². The predicted molar refractivity (Wildman–Crippen MR) is 74.8 cm³/mol. The third-order valence-corrected chi connectivity index (χ3v) is 3.09. The number of nitrogens with one attached hydrogen (secondary N) is 2. The highest BCUT2D eigenvalue weighted by molar-refractivity contribution is 6.74. The summed E-state index contributed by atoms with van der Waals surface area (Å²) in [6.07, 6.45) is 0. The molecule has 18 heavy (non-hydrogen) atoms. The van der Waals surface area contributed by atoms with Gasteiger partial charge in [-0.15, -0.1) is 0 Å². The number of nitrogens with zero attached hydrogens (tertiary/aromatic N) is 2. The molecule has 2 aromatic carbocycles. The fraction of sp³-hybridized carbons (Fsp3) is 0.0769. The lowest BCUT2D eigenvalue weighted by Crippen LogP contribution is -2.53. The van der Waals surface area contributed by atoms with Gasteiger partial charge in [-0.1, -0.05) is 48.5 Å². The Hall–Kier alpha value is -1.82. The first-order chi connectivity index (χ1) is 8.86. The van der Waals surface area contributed by atoms with Crippen molar-refractivity contribution in [2.24, 2.45) is 0 Å². The van der Waals surface area contributed by atoms with Gasteiger partial charge in [0, 0.05) is 5.69 Å². The van der Waals surface area contributed by atoms with Crippen molar-refractivity contribution in [2.75, 3.05) is 12.0 Å². The number of hydrogen-bond donors (Lipinski definition) is 2. The van der Waals surface area contributed by atoms with E-state index in [1.807, 2.05) is 36.2 Å². The molecule has 0 aliphatic carbocycles. The molecule has 1 aliphatic heterocycles. The van der Waals surface area contributed by atoms with E-state index in [4.69, 9.17) is 0 Å². The molecule has 1 aliphatic rings. The third-order valence-electron chi connectivity index (χ3n) is 3.09. The van der Waals surface area contributed by atoms with E-state index in [0.29, 0.717) is 0 Å². The zero-order valence-electron chi connectivity index (χ0n) is 10.2. The van der Waals surface area contributed by atoms with Crippen molar-refractivity contribution in [2.45, 2.75) is 0 Å². The molecule has 1 heterocycles. The SMILES string of the molecule is CN1NNN(c2ccccc2)B1c1ccccc1. The highest BCUT2D eigenvalue weighted by atomic mass is 15.9. The minimum Gasteiger partial charge on any atom is -0.315 e. The summed E-state index contributed by atoms with van der Waals surface area (Å²) in [5.74, 6) is 0. The Bertz CT molecular complexity index is 505. The van der Waals surface area contributed by atoms with Crippen LogP contribution in [0, 0.1) is 0 Å². The van der Waals surface area contributed by atoms with Crippen LogP contribution in [0.2, 0.25) is 0 Å². The monoisotopic (exact) mass is 238 g/mol. The molecule has 0 amide bonds. The molecule has 3 rings (SSSR count). The molecular weight excluding hydrogens is 223 g/mol. The van der Waals surface area contributed by atoms with Crippen molar-refractivity contribution in [1.82, 2.24) is 16.0 Å². The first-order valence-electron chi connectivity index (χ1n) is 5.99. The van der Waals surface area contributed by atoms with Gasteiger partial charge >= 0.3 is 6.98 Å². The van der Waals surface area contributed by atoms with Crippen molar-refractivity contribution in [1.29, 1.82) is 0 Å². The molecule has 4 nitrogen and oxygen atoms in total. The fourth-order valence-electron chi connectivity index (χ4n) is 2.22. The number of rotatable bonds is 2. The Balaban J connectivity index is 1.96. The number of benzene rings is 2. The number of para-hydroxylation sites is 1. The van der Waals surface area contributed by atoms with Crippen LogP contribution in [0.3, 0.4) is 0 Å². The van der Waals surface area contributed by atoms with Gasteiger partial charge in [0.2, 0.25) is 0 Å².